The van der Waals surface area contributed by atoms with Crippen LogP contribution >= 0.6 is 0 Å². The molecule has 6 heteroatoms. The van der Waals surface area contributed by atoms with Gasteiger partial charge in [-0.05, 0) is 160 Å². The Labute approximate surface area is 374 Å². The first-order valence-electron chi connectivity index (χ1n) is 22.6. The Morgan fingerprint density at radius 1 is 0.355 bits per heavy atom. The van der Waals surface area contributed by atoms with Crippen LogP contribution < -0.4 is 29.4 Å². The van der Waals surface area contributed by atoms with Crippen LogP contribution in [0, 0.1) is 0 Å². The molecule has 0 aliphatic carbocycles. The number of nitrogens with zero attached hydrogens (tertiary/aromatic N) is 6. The standard InChI is InChI=1S/C56H68N6/c1-9-15-41-57(7)47-21-29-51(30-22-47)61(52-31-23-48(24-32-52)58(8)42-16-10-2)55-37-39-56(40-38-55)62(53-33-25-49(26-34-53)59(43-17-11-3)44-18-12-4)54-35-27-50(28-36-54)60(45-19-13-5)46-20-14-6/h21-40,43,45H,3,5,9-10,12,14-16,18,20,41-42,44,46H2,1-2,4,6-8H3. The highest BCUT2D eigenvalue weighted by atomic mass is 15.2. The number of unbranched alkanes of at least 4 members (excludes halogenated alkanes) is 4. The average Bonchev–Trinajstić information content (AvgIpc) is 3.31. The molecule has 0 bridgehead atoms. The van der Waals surface area contributed by atoms with E-state index in [1.807, 2.05) is 12.4 Å². The van der Waals surface area contributed by atoms with Crippen LogP contribution in [-0.2, 0) is 0 Å². The van der Waals surface area contributed by atoms with E-state index in [4.69, 9.17) is 0 Å². The predicted molar refractivity (Wildman–Crippen MR) is 271 cm³/mol. The molecular weight excluding hydrogens is 757 g/mol. The zero-order valence-corrected chi connectivity index (χ0v) is 38.3. The lowest BCUT2D eigenvalue weighted by molar-refractivity contribution is 0.766. The van der Waals surface area contributed by atoms with Crippen molar-refractivity contribution in [3.63, 3.8) is 0 Å². The summed E-state index contributed by atoms with van der Waals surface area (Å²) in [7, 11) is 4.36. The second kappa shape index (κ2) is 24.7. The minimum atomic E-state index is 0.897. The number of rotatable bonds is 24. The van der Waals surface area contributed by atoms with Crippen LogP contribution in [0.5, 0.6) is 0 Å². The molecule has 0 radical (unpaired) electrons. The van der Waals surface area contributed by atoms with E-state index in [1.165, 1.54) is 37.1 Å². The molecule has 0 aromatic heterocycles. The molecular formula is C56H68N6. The molecule has 6 nitrogen and oxygen atoms in total. The third kappa shape index (κ3) is 12.8. The fourth-order valence-electron chi connectivity index (χ4n) is 7.43. The van der Waals surface area contributed by atoms with Gasteiger partial charge in [-0.2, -0.15) is 0 Å². The van der Waals surface area contributed by atoms with E-state index in [1.54, 1.807) is 0 Å². The summed E-state index contributed by atoms with van der Waals surface area (Å²) in [6.45, 7) is 20.2. The predicted octanol–water partition coefficient (Wildman–Crippen LogP) is 15.2. The fraction of sp³-hybridized carbons (Fsp3) is 0.321. The van der Waals surface area contributed by atoms with E-state index >= 15 is 0 Å². The van der Waals surface area contributed by atoms with Gasteiger partial charge in [-0.1, -0.05) is 76.3 Å². The number of hydrogen-bond donors (Lipinski definition) is 0. The minimum absolute atomic E-state index is 0.897. The quantitative estimate of drug-likeness (QED) is 0.0573. The summed E-state index contributed by atoms with van der Waals surface area (Å²) in [4.78, 5) is 13.8. The van der Waals surface area contributed by atoms with Gasteiger partial charge in [0.2, 0.25) is 0 Å². The lowest BCUT2D eigenvalue weighted by atomic mass is 10.1. The highest BCUT2D eigenvalue weighted by molar-refractivity contribution is 5.82. The summed E-state index contributed by atoms with van der Waals surface area (Å²) >= 11 is 0. The van der Waals surface area contributed by atoms with Crippen molar-refractivity contribution < 1.29 is 0 Å². The molecule has 0 unspecified atom stereocenters. The highest BCUT2D eigenvalue weighted by Crippen LogP contribution is 2.41. The summed E-state index contributed by atoms with van der Waals surface area (Å²) in [5.74, 6) is 0. The number of benzene rings is 5. The Kier molecular flexibility index (Phi) is 18.5. The molecule has 0 N–H and O–H groups in total. The average molecular weight is 825 g/mol. The van der Waals surface area contributed by atoms with Crippen LogP contribution in [0.15, 0.2) is 170 Å². The molecule has 0 amide bonds. The van der Waals surface area contributed by atoms with Gasteiger partial charge in [0.25, 0.3) is 0 Å². The molecule has 5 aromatic rings. The second-order valence-corrected chi connectivity index (χ2v) is 15.8. The summed E-state index contributed by atoms with van der Waals surface area (Å²) in [6.07, 6.45) is 12.9. The summed E-state index contributed by atoms with van der Waals surface area (Å²) < 4.78 is 0. The van der Waals surface area contributed by atoms with Crippen molar-refractivity contribution in [2.24, 2.45) is 0 Å². The van der Waals surface area contributed by atoms with Gasteiger partial charge in [0.05, 0.1) is 12.4 Å². The van der Waals surface area contributed by atoms with Gasteiger partial charge in [-0.3, -0.25) is 0 Å². The third-order valence-electron chi connectivity index (χ3n) is 11.2. The van der Waals surface area contributed by atoms with E-state index in [2.05, 4.69) is 229 Å². The van der Waals surface area contributed by atoms with Crippen LogP contribution in [0.3, 0.4) is 0 Å². The maximum atomic E-state index is 3.72. The van der Waals surface area contributed by atoms with E-state index in [0.717, 1.165) is 97.4 Å². The zero-order valence-electron chi connectivity index (χ0n) is 38.3. The summed E-state index contributed by atoms with van der Waals surface area (Å²) in [5.41, 5.74) is 22.8. The first-order chi connectivity index (χ1) is 30.3. The summed E-state index contributed by atoms with van der Waals surface area (Å²) in [6, 6.07) is 44.5. The first kappa shape index (κ1) is 46.6. The molecule has 0 aliphatic rings. The number of hydrogen-bond acceptors (Lipinski definition) is 6. The van der Waals surface area contributed by atoms with Gasteiger partial charge < -0.3 is 29.4 Å². The molecule has 0 fully saturated rings. The van der Waals surface area contributed by atoms with Crippen molar-refractivity contribution >= 4 is 56.9 Å². The van der Waals surface area contributed by atoms with Crippen molar-refractivity contribution in [1.82, 2.24) is 0 Å². The van der Waals surface area contributed by atoms with Crippen molar-refractivity contribution in [2.75, 3.05) is 69.7 Å². The van der Waals surface area contributed by atoms with Crippen LogP contribution in [-0.4, -0.2) is 40.3 Å². The van der Waals surface area contributed by atoms with Crippen LogP contribution in [0.1, 0.15) is 79.1 Å². The molecule has 0 atom stereocenters. The van der Waals surface area contributed by atoms with Crippen LogP contribution in [0.2, 0.25) is 0 Å². The normalized spacial score (nSPS) is 10.4. The molecule has 0 saturated heterocycles. The Balaban J connectivity index is 1.57. The molecule has 5 aromatic carbocycles. The molecule has 5 rings (SSSR count). The largest absolute Gasteiger partial charge is 0.375 e. The third-order valence-corrected chi connectivity index (χ3v) is 11.2. The zero-order chi connectivity index (χ0) is 44.1. The van der Waals surface area contributed by atoms with E-state index in [-0.39, 0.29) is 0 Å². The first-order valence-corrected chi connectivity index (χ1v) is 22.6. The SMILES string of the molecule is C=C=C=CN(CCCC)c1ccc(N(c2ccc(N(C=C=C=C)CCCC)cc2)c2ccc(N(c3ccc(N(C)CCCC)cc3)c3ccc(N(C)CCCC)cc3)cc2)cc1. The van der Waals surface area contributed by atoms with Crippen molar-refractivity contribution in [1.29, 1.82) is 0 Å². The monoisotopic (exact) mass is 825 g/mol. The second-order valence-electron chi connectivity index (χ2n) is 15.8. The van der Waals surface area contributed by atoms with Gasteiger partial charge in [-0.25, -0.2) is 0 Å². The molecule has 0 saturated carbocycles. The molecule has 0 heterocycles. The van der Waals surface area contributed by atoms with E-state index < -0.39 is 0 Å². The Bertz CT molecular complexity index is 2110. The fourth-order valence-corrected chi connectivity index (χ4v) is 7.43. The smallest absolute Gasteiger partial charge is 0.0553 e. The Morgan fingerprint density at radius 3 is 0.823 bits per heavy atom. The van der Waals surface area contributed by atoms with E-state index in [0.29, 0.717) is 0 Å². The van der Waals surface area contributed by atoms with Crippen molar-refractivity contribution in [2.45, 2.75) is 79.1 Å². The van der Waals surface area contributed by atoms with Gasteiger partial charge in [0.1, 0.15) is 0 Å². The molecule has 0 aliphatic heterocycles. The minimum Gasteiger partial charge on any atom is -0.375 e. The maximum absolute atomic E-state index is 3.72. The molecule has 322 valence electrons. The lowest BCUT2D eigenvalue weighted by Crippen LogP contribution is -2.19. The van der Waals surface area contributed by atoms with Crippen molar-refractivity contribution in [3.05, 3.63) is 170 Å². The Morgan fingerprint density at radius 2 is 0.581 bits per heavy atom. The van der Waals surface area contributed by atoms with Crippen molar-refractivity contribution in [3.8, 4) is 0 Å². The Hall–Kier alpha value is -6.50. The molecule has 62 heavy (non-hydrogen) atoms. The lowest BCUT2D eigenvalue weighted by Gasteiger charge is -2.30. The van der Waals surface area contributed by atoms with Crippen LogP contribution in [0.25, 0.3) is 0 Å². The maximum Gasteiger partial charge on any atom is 0.0553 e. The summed E-state index contributed by atoms with van der Waals surface area (Å²) in [5, 5.41) is 0. The molecule has 0 spiro atoms. The van der Waals surface area contributed by atoms with Crippen LogP contribution in [0.4, 0.5) is 56.9 Å². The van der Waals surface area contributed by atoms with Gasteiger partial charge in [0.15, 0.2) is 0 Å². The van der Waals surface area contributed by atoms with Gasteiger partial charge >= 0.3 is 0 Å². The van der Waals surface area contributed by atoms with Gasteiger partial charge in [0, 0.05) is 97.1 Å². The highest BCUT2D eigenvalue weighted by Gasteiger charge is 2.18. The van der Waals surface area contributed by atoms with Gasteiger partial charge in [-0.15, -0.1) is 0 Å². The topological polar surface area (TPSA) is 19.4 Å². The van der Waals surface area contributed by atoms with E-state index in [9.17, 15) is 0 Å². The number of anilines is 10.